The summed E-state index contributed by atoms with van der Waals surface area (Å²) in [4.78, 5) is 19.6. The summed E-state index contributed by atoms with van der Waals surface area (Å²) >= 11 is 0. The fourth-order valence-corrected chi connectivity index (χ4v) is 5.73. The highest BCUT2D eigenvalue weighted by atomic mass is 32.2. The van der Waals surface area contributed by atoms with Crippen molar-refractivity contribution >= 4 is 15.9 Å². The van der Waals surface area contributed by atoms with Gasteiger partial charge in [0.2, 0.25) is 10.0 Å². The van der Waals surface area contributed by atoms with E-state index in [1.807, 2.05) is 51.1 Å². The van der Waals surface area contributed by atoms with Crippen molar-refractivity contribution in [3.05, 3.63) is 71.2 Å². The standard InChI is InChI=1S/C23H27N5O3S/c1-4-20-19(16-25-28(20)22-7-5-6-10-24-22)23(29)26-11-13-27(14-12-26)32(30,31)21-9-8-17(2)15-18(21)3/h5-10,15-16H,4,11-14H2,1-3H3. The first-order valence-corrected chi connectivity index (χ1v) is 12.1. The van der Waals surface area contributed by atoms with Crippen LogP contribution in [0.1, 0.15) is 34.1 Å². The van der Waals surface area contributed by atoms with E-state index in [0.29, 0.717) is 35.8 Å². The first-order valence-electron chi connectivity index (χ1n) is 10.7. The predicted octanol–water partition coefficient (Wildman–Crippen LogP) is 2.59. The Kier molecular flexibility index (Phi) is 6.12. The van der Waals surface area contributed by atoms with Crippen molar-refractivity contribution in [3.8, 4) is 5.82 Å². The van der Waals surface area contributed by atoms with Crippen molar-refractivity contribution in [2.75, 3.05) is 26.2 Å². The van der Waals surface area contributed by atoms with Gasteiger partial charge in [-0.05, 0) is 44.0 Å². The van der Waals surface area contributed by atoms with Gasteiger partial charge in [0.1, 0.15) is 0 Å². The van der Waals surface area contributed by atoms with Crippen LogP contribution in [0, 0.1) is 13.8 Å². The van der Waals surface area contributed by atoms with E-state index in [4.69, 9.17) is 0 Å². The summed E-state index contributed by atoms with van der Waals surface area (Å²) in [7, 11) is -3.60. The van der Waals surface area contributed by atoms with Crippen molar-refractivity contribution in [2.24, 2.45) is 0 Å². The smallest absolute Gasteiger partial charge is 0.257 e. The van der Waals surface area contributed by atoms with E-state index < -0.39 is 10.0 Å². The molecule has 1 saturated heterocycles. The highest BCUT2D eigenvalue weighted by molar-refractivity contribution is 7.89. The molecule has 1 aliphatic heterocycles. The maximum Gasteiger partial charge on any atom is 0.257 e. The molecular weight excluding hydrogens is 426 g/mol. The molecule has 2 aromatic heterocycles. The van der Waals surface area contributed by atoms with Crippen LogP contribution in [0.3, 0.4) is 0 Å². The molecule has 32 heavy (non-hydrogen) atoms. The molecule has 0 saturated carbocycles. The van der Waals surface area contributed by atoms with Crippen LogP contribution in [0.4, 0.5) is 0 Å². The molecule has 0 N–H and O–H groups in total. The number of nitrogens with zero attached hydrogens (tertiary/aromatic N) is 5. The molecule has 1 aliphatic rings. The molecule has 0 radical (unpaired) electrons. The van der Waals surface area contributed by atoms with E-state index in [1.54, 1.807) is 28.0 Å². The van der Waals surface area contributed by atoms with Crippen molar-refractivity contribution in [1.29, 1.82) is 0 Å². The Morgan fingerprint density at radius 2 is 1.81 bits per heavy atom. The van der Waals surface area contributed by atoms with Crippen molar-refractivity contribution < 1.29 is 13.2 Å². The maximum atomic E-state index is 13.2. The molecule has 9 heteroatoms. The minimum atomic E-state index is -3.60. The summed E-state index contributed by atoms with van der Waals surface area (Å²) in [5.41, 5.74) is 3.08. The molecule has 3 aromatic rings. The number of carbonyl (C=O) groups is 1. The zero-order valence-electron chi connectivity index (χ0n) is 18.5. The third kappa shape index (κ3) is 4.05. The van der Waals surface area contributed by atoms with Gasteiger partial charge in [-0.2, -0.15) is 9.40 Å². The van der Waals surface area contributed by atoms with Crippen LogP contribution >= 0.6 is 0 Å². The molecular formula is C23H27N5O3S. The molecule has 3 heterocycles. The first-order chi connectivity index (χ1) is 15.3. The topological polar surface area (TPSA) is 88.4 Å². The Labute approximate surface area is 188 Å². The van der Waals surface area contributed by atoms with Crippen LogP contribution in [-0.4, -0.2) is 64.5 Å². The zero-order chi connectivity index (χ0) is 22.9. The fourth-order valence-electron chi connectivity index (χ4n) is 4.10. The summed E-state index contributed by atoms with van der Waals surface area (Å²) in [6.07, 6.45) is 3.89. The SMILES string of the molecule is CCc1c(C(=O)N2CCN(S(=O)(=O)c3ccc(C)cc3C)CC2)cnn1-c1ccccn1. The van der Waals surface area contributed by atoms with Gasteiger partial charge in [0, 0.05) is 32.4 Å². The first kappa shape index (κ1) is 22.2. The number of sulfonamides is 1. The summed E-state index contributed by atoms with van der Waals surface area (Å²) < 4.78 is 29.4. The van der Waals surface area contributed by atoms with E-state index in [0.717, 1.165) is 16.8 Å². The van der Waals surface area contributed by atoms with Gasteiger partial charge in [-0.25, -0.2) is 18.1 Å². The number of piperazine rings is 1. The van der Waals surface area contributed by atoms with Crippen LogP contribution < -0.4 is 0 Å². The number of hydrogen-bond acceptors (Lipinski definition) is 5. The average Bonchev–Trinajstić information content (AvgIpc) is 3.23. The Hall–Kier alpha value is -3.04. The van der Waals surface area contributed by atoms with E-state index in [9.17, 15) is 13.2 Å². The lowest BCUT2D eigenvalue weighted by Crippen LogP contribution is -2.50. The maximum absolute atomic E-state index is 13.2. The molecule has 4 rings (SSSR count). The third-order valence-corrected chi connectivity index (χ3v) is 7.83. The molecule has 0 spiro atoms. The zero-order valence-corrected chi connectivity index (χ0v) is 19.3. The molecule has 8 nitrogen and oxygen atoms in total. The molecule has 1 amide bonds. The van der Waals surface area contributed by atoms with E-state index in [1.165, 1.54) is 4.31 Å². The Bertz CT molecular complexity index is 1230. The molecule has 1 aromatic carbocycles. The summed E-state index contributed by atoms with van der Waals surface area (Å²) in [6.45, 7) is 6.91. The number of amides is 1. The van der Waals surface area contributed by atoms with Gasteiger partial charge in [-0.1, -0.05) is 30.7 Å². The van der Waals surface area contributed by atoms with Crippen molar-refractivity contribution in [1.82, 2.24) is 24.0 Å². The number of carbonyl (C=O) groups excluding carboxylic acids is 1. The second kappa shape index (κ2) is 8.84. The van der Waals surface area contributed by atoms with Gasteiger partial charge in [0.15, 0.2) is 5.82 Å². The Balaban J connectivity index is 1.50. The van der Waals surface area contributed by atoms with E-state index in [-0.39, 0.29) is 19.0 Å². The van der Waals surface area contributed by atoms with Crippen LogP contribution in [-0.2, 0) is 16.4 Å². The van der Waals surface area contributed by atoms with E-state index >= 15 is 0 Å². The van der Waals surface area contributed by atoms with Crippen LogP contribution in [0.2, 0.25) is 0 Å². The minimum absolute atomic E-state index is 0.132. The summed E-state index contributed by atoms with van der Waals surface area (Å²) in [5.74, 6) is 0.528. The van der Waals surface area contributed by atoms with Gasteiger partial charge in [-0.15, -0.1) is 0 Å². The predicted molar refractivity (Wildman–Crippen MR) is 121 cm³/mol. The highest BCUT2D eigenvalue weighted by Crippen LogP contribution is 2.23. The quantitative estimate of drug-likeness (QED) is 0.593. The summed E-state index contributed by atoms with van der Waals surface area (Å²) in [6, 6.07) is 10.9. The minimum Gasteiger partial charge on any atom is -0.336 e. The van der Waals surface area contributed by atoms with Gasteiger partial charge in [-0.3, -0.25) is 4.79 Å². The molecule has 0 bridgehead atoms. The average molecular weight is 454 g/mol. The second-order valence-electron chi connectivity index (χ2n) is 7.92. The molecule has 1 fully saturated rings. The molecule has 168 valence electrons. The van der Waals surface area contributed by atoms with Crippen LogP contribution in [0.25, 0.3) is 5.82 Å². The Morgan fingerprint density at radius 1 is 1.06 bits per heavy atom. The number of rotatable bonds is 5. The number of benzene rings is 1. The van der Waals surface area contributed by atoms with Crippen molar-refractivity contribution in [2.45, 2.75) is 32.1 Å². The van der Waals surface area contributed by atoms with E-state index in [2.05, 4.69) is 10.1 Å². The number of aryl methyl sites for hydroxylation is 2. The van der Waals surface area contributed by atoms with Gasteiger partial charge in [0.25, 0.3) is 5.91 Å². The molecule has 0 atom stereocenters. The van der Waals surface area contributed by atoms with Crippen molar-refractivity contribution in [3.63, 3.8) is 0 Å². The highest BCUT2D eigenvalue weighted by Gasteiger charge is 2.32. The number of hydrogen-bond donors (Lipinski definition) is 0. The fraction of sp³-hybridized carbons (Fsp3) is 0.348. The normalized spacial score (nSPS) is 15.2. The lowest BCUT2D eigenvalue weighted by molar-refractivity contribution is 0.0696. The summed E-state index contributed by atoms with van der Waals surface area (Å²) in [5, 5.41) is 4.38. The van der Waals surface area contributed by atoms with Crippen LogP contribution in [0.15, 0.2) is 53.7 Å². The molecule has 0 aliphatic carbocycles. The van der Waals surface area contributed by atoms with Gasteiger partial charge >= 0.3 is 0 Å². The van der Waals surface area contributed by atoms with Gasteiger partial charge < -0.3 is 4.90 Å². The second-order valence-corrected chi connectivity index (χ2v) is 9.83. The van der Waals surface area contributed by atoms with Crippen LogP contribution in [0.5, 0.6) is 0 Å². The lowest BCUT2D eigenvalue weighted by atomic mass is 10.1. The monoisotopic (exact) mass is 453 g/mol. The largest absolute Gasteiger partial charge is 0.336 e. The number of aromatic nitrogens is 3. The van der Waals surface area contributed by atoms with Gasteiger partial charge in [0.05, 0.1) is 22.3 Å². The lowest BCUT2D eigenvalue weighted by Gasteiger charge is -2.34. The number of pyridine rings is 1. The Morgan fingerprint density at radius 3 is 2.44 bits per heavy atom. The molecule has 0 unspecified atom stereocenters. The third-order valence-electron chi connectivity index (χ3n) is 5.77.